The van der Waals surface area contributed by atoms with Crippen LogP contribution in [0.2, 0.25) is 0 Å². The van der Waals surface area contributed by atoms with Gasteiger partial charge in [0.1, 0.15) is 22.8 Å². The fourth-order valence-electron chi connectivity index (χ4n) is 3.30. The molecule has 2 aromatic rings. The molecule has 2 N–H and O–H groups in total. The van der Waals surface area contributed by atoms with E-state index in [1.807, 2.05) is 38.1 Å². The number of allylic oxidation sites excluding steroid dienone is 2. The molecule has 0 radical (unpaired) electrons. The Morgan fingerprint density at radius 3 is 2.44 bits per heavy atom. The lowest BCUT2D eigenvalue weighted by molar-refractivity contribution is 0.158. The number of benzene rings is 2. The zero-order valence-corrected chi connectivity index (χ0v) is 16.5. The highest BCUT2D eigenvalue weighted by atomic mass is 16.5. The van der Waals surface area contributed by atoms with Gasteiger partial charge in [-0.2, -0.15) is 0 Å². The summed E-state index contributed by atoms with van der Waals surface area (Å²) >= 11 is 0. The van der Waals surface area contributed by atoms with Gasteiger partial charge >= 0.3 is 0 Å². The molecule has 142 valence electrons. The third-order valence-corrected chi connectivity index (χ3v) is 4.86. The van der Waals surface area contributed by atoms with Crippen molar-refractivity contribution >= 4 is 6.08 Å². The first kappa shape index (κ1) is 19.1. The number of phenols is 2. The van der Waals surface area contributed by atoms with E-state index in [1.165, 1.54) is 5.57 Å². The fraction of sp³-hybridized carbons (Fsp3) is 0.333. The molecule has 0 saturated heterocycles. The summed E-state index contributed by atoms with van der Waals surface area (Å²) in [5, 5.41) is 20.4. The number of aromatic hydroxyl groups is 2. The summed E-state index contributed by atoms with van der Waals surface area (Å²) in [5.41, 5.74) is 4.82. The number of aryl methyl sites for hydroxylation is 2. The van der Waals surface area contributed by atoms with Crippen LogP contribution in [-0.4, -0.2) is 15.8 Å². The number of hydrogen-bond acceptors (Lipinski definition) is 3. The van der Waals surface area contributed by atoms with E-state index >= 15 is 0 Å². The number of hydrogen-bond donors (Lipinski definition) is 2. The summed E-state index contributed by atoms with van der Waals surface area (Å²) in [5.74, 6) is 1.33. The third kappa shape index (κ3) is 4.54. The van der Waals surface area contributed by atoms with Crippen molar-refractivity contribution in [1.29, 1.82) is 0 Å². The first-order chi connectivity index (χ1) is 12.7. The van der Waals surface area contributed by atoms with Gasteiger partial charge in [0.2, 0.25) is 0 Å². The minimum atomic E-state index is -0.380. The molecule has 3 nitrogen and oxygen atoms in total. The van der Waals surface area contributed by atoms with E-state index < -0.39 is 0 Å². The van der Waals surface area contributed by atoms with Crippen LogP contribution in [0.15, 0.2) is 48.1 Å². The normalized spacial score (nSPS) is 14.4. The maximum atomic E-state index is 10.9. The van der Waals surface area contributed by atoms with E-state index in [2.05, 4.69) is 26.0 Å². The van der Waals surface area contributed by atoms with Crippen molar-refractivity contribution in [3.8, 4) is 17.2 Å². The summed E-state index contributed by atoms with van der Waals surface area (Å²) in [6.45, 7) is 8.15. The standard InChI is InChI=1S/C24H28O3/c1-16(2)5-12-20-18(9-6-17-7-10-19(25)11-8-17)15-22-21(23(20)26)13-14-24(3,4)27-22/h5,7-8,10-11,13-15,25-26H,6,9,12H2,1-4H3. The molecule has 3 rings (SSSR count). The first-order valence-electron chi connectivity index (χ1n) is 9.42. The molecule has 0 atom stereocenters. The van der Waals surface area contributed by atoms with E-state index in [4.69, 9.17) is 4.74 Å². The molecule has 0 saturated carbocycles. The molecule has 1 heterocycles. The molecule has 1 aliphatic heterocycles. The lowest BCUT2D eigenvalue weighted by atomic mass is 9.91. The van der Waals surface area contributed by atoms with Crippen LogP contribution >= 0.6 is 0 Å². The second kappa shape index (κ2) is 7.51. The molecule has 0 unspecified atom stereocenters. The fourth-order valence-corrected chi connectivity index (χ4v) is 3.30. The molecule has 0 bridgehead atoms. The highest BCUT2D eigenvalue weighted by Gasteiger charge is 2.26. The predicted molar refractivity (Wildman–Crippen MR) is 110 cm³/mol. The Balaban J connectivity index is 1.97. The molecule has 0 spiro atoms. The van der Waals surface area contributed by atoms with E-state index in [0.717, 1.165) is 40.8 Å². The van der Waals surface area contributed by atoms with E-state index in [-0.39, 0.29) is 11.4 Å². The Hall–Kier alpha value is -2.68. The van der Waals surface area contributed by atoms with E-state index in [1.54, 1.807) is 12.1 Å². The Morgan fingerprint density at radius 2 is 1.78 bits per heavy atom. The molecule has 0 amide bonds. The molecule has 0 aliphatic carbocycles. The largest absolute Gasteiger partial charge is 0.508 e. The monoisotopic (exact) mass is 364 g/mol. The van der Waals surface area contributed by atoms with Crippen LogP contribution in [0.5, 0.6) is 17.2 Å². The van der Waals surface area contributed by atoms with Crippen molar-refractivity contribution in [2.24, 2.45) is 0 Å². The van der Waals surface area contributed by atoms with E-state index in [9.17, 15) is 10.2 Å². The smallest absolute Gasteiger partial charge is 0.131 e. The van der Waals surface area contributed by atoms with Crippen LogP contribution in [0.4, 0.5) is 0 Å². The third-order valence-electron chi connectivity index (χ3n) is 4.86. The lowest BCUT2D eigenvalue weighted by Gasteiger charge is -2.29. The quantitative estimate of drug-likeness (QED) is 0.681. The zero-order chi connectivity index (χ0) is 19.6. The van der Waals surface area contributed by atoms with Crippen molar-refractivity contribution < 1.29 is 14.9 Å². The predicted octanol–water partition coefficient (Wildman–Crippen LogP) is 5.58. The molecule has 2 aromatic carbocycles. The van der Waals surface area contributed by atoms with Gasteiger partial charge in [0.25, 0.3) is 0 Å². The summed E-state index contributed by atoms with van der Waals surface area (Å²) in [6.07, 6.45) is 8.41. The minimum Gasteiger partial charge on any atom is -0.508 e. The second-order valence-corrected chi connectivity index (χ2v) is 7.97. The summed E-state index contributed by atoms with van der Waals surface area (Å²) in [7, 11) is 0. The van der Waals surface area contributed by atoms with Crippen LogP contribution < -0.4 is 4.74 Å². The van der Waals surface area contributed by atoms with Crippen LogP contribution in [0.3, 0.4) is 0 Å². The van der Waals surface area contributed by atoms with Gasteiger partial charge in [-0.1, -0.05) is 23.8 Å². The SMILES string of the molecule is CC(C)=CCc1c(CCc2ccc(O)cc2)cc2c(c1O)C=CC(C)(C)O2. The van der Waals surface area contributed by atoms with Crippen molar-refractivity contribution in [2.75, 3.05) is 0 Å². The first-order valence-corrected chi connectivity index (χ1v) is 9.42. The van der Waals surface area contributed by atoms with Crippen molar-refractivity contribution in [1.82, 2.24) is 0 Å². The molecule has 0 fully saturated rings. The average molecular weight is 364 g/mol. The Morgan fingerprint density at radius 1 is 1.07 bits per heavy atom. The topological polar surface area (TPSA) is 49.7 Å². The highest BCUT2D eigenvalue weighted by molar-refractivity contribution is 5.70. The van der Waals surface area contributed by atoms with Crippen molar-refractivity contribution in [2.45, 2.75) is 52.6 Å². The van der Waals surface area contributed by atoms with Gasteiger partial charge in [-0.15, -0.1) is 0 Å². The number of fused-ring (bicyclic) bond motifs is 1. The molecular weight excluding hydrogens is 336 g/mol. The van der Waals surface area contributed by atoms with Gasteiger partial charge in [0, 0.05) is 5.56 Å². The molecule has 1 aliphatic rings. The Labute approximate surface area is 161 Å². The second-order valence-electron chi connectivity index (χ2n) is 7.97. The maximum absolute atomic E-state index is 10.9. The van der Waals surface area contributed by atoms with Gasteiger partial charge in [-0.05, 0) is 88.4 Å². The van der Waals surface area contributed by atoms with Gasteiger partial charge in [-0.25, -0.2) is 0 Å². The van der Waals surface area contributed by atoms with E-state index in [0.29, 0.717) is 12.2 Å². The summed E-state index contributed by atoms with van der Waals surface area (Å²) in [4.78, 5) is 0. The highest BCUT2D eigenvalue weighted by Crippen LogP contribution is 2.41. The number of ether oxygens (including phenoxy) is 1. The average Bonchev–Trinajstić information content (AvgIpc) is 2.59. The van der Waals surface area contributed by atoms with Crippen LogP contribution in [0, 0.1) is 0 Å². The Bertz CT molecular complexity index is 883. The van der Waals surface area contributed by atoms with Gasteiger partial charge in [-0.3, -0.25) is 0 Å². The molecule has 0 aromatic heterocycles. The van der Waals surface area contributed by atoms with Crippen molar-refractivity contribution in [3.63, 3.8) is 0 Å². The van der Waals surface area contributed by atoms with Crippen LogP contribution in [0.25, 0.3) is 6.08 Å². The van der Waals surface area contributed by atoms with Crippen LogP contribution in [0.1, 0.15) is 49.9 Å². The molecular formula is C24H28O3. The van der Waals surface area contributed by atoms with Gasteiger partial charge in [0.05, 0.1) is 5.56 Å². The maximum Gasteiger partial charge on any atom is 0.131 e. The Kier molecular flexibility index (Phi) is 5.31. The summed E-state index contributed by atoms with van der Waals surface area (Å²) in [6, 6.07) is 9.37. The van der Waals surface area contributed by atoms with Gasteiger partial charge < -0.3 is 14.9 Å². The lowest BCUT2D eigenvalue weighted by Crippen LogP contribution is -2.27. The number of rotatable bonds is 5. The van der Waals surface area contributed by atoms with Crippen LogP contribution in [-0.2, 0) is 19.3 Å². The summed E-state index contributed by atoms with van der Waals surface area (Å²) < 4.78 is 6.09. The number of phenolic OH excluding ortho intramolecular Hbond substituents is 2. The zero-order valence-electron chi connectivity index (χ0n) is 16.5. The molecule has 27 heavy (non-hydrogen) atoms. The molecule has 3 heteroatoms. The minimum absolute atomic E-state index is 0.275. The van der Waals surface area contributed by atoms with Crippen molar-refractivity contribution in [3.05, 3.63) is 70.3 Å². The van der Waals surface area contributed by atoms with Gasteiger partial charge in [0.15, 0.2) is 0 Å².